The highest BCUT2D eigenvalue weighted by molar-refractivity contribution is 7.13. The highest BCUT2D eigenvalue weighted by Gasteiger charge is 2.29. The van der Waals surface area contributed by atoms with Gasteiger partial charge in [0, 0.05) is 75.7 Å². The first-order valence-corrected chi connectivity index (χ1v) is 15.0. The Kier molecular flexibility index (Phi) is 9.69. The van der Waals surface area contributed by atoms with Crippen molar-refractivity contribution in [2.24, 2.45) is 0 Å². The van der Waals surface area contributed by atoms with Crippen LogP contribution >= 0.6 is 11.3 Å². The van der Waals surface area contributed by atoms with E-state index in [9.17, 15) is 4.79 Å². The number of methoxy groups -OCH3 is 1. The molecule has 1 aromatic carbocycles. The molecule has 3 aromatic rings. The van der Waals surface area contributed by atoms with Crippen molar-refractivity contribution < 1.29 is 14.3 Å². The molecule has 0 aliphatic carbocycles. The lowest BCUT2D eigenvalue weighted by molar-refractivity contribution is -0.122. The number of aromatic nitrogens is 2. The number of nitrogens with zero attached hydrogens (tertiary/aromatic N) is 6. The average molecular weight is 568 g/mol. The Morgan fingerprint density at radius 1 is 1.12 bits per heavy atom. The number of nitrogens with one attached hydrogen (secondary N) is 1. The van der Waals surface area contributed by atoms with Gasteiger partial charge < -0.3 is 29.5 Å². The monoisotopic (exact) mass is 567 g/mol. The van der Waals surface area contributed by atoms with Crippen molar-refractivity contribution in [3.8, 4) is 5.75 Å². The van der Waals surface area contributed by atoms with E-state index in [2.05, 4.69) is 42.4 Å². The summed E-state index contributed by atoms with van der Waals surface area (Å²) in [5.74, 6) is 0.903. The van der Waals surface area contributed by atoms with Crippen LogP contribution in [-0.4, -0.2) is 112 Å². The van der Waals surface area contributed by atoms with E-state index in [0.717, 1.165) is 98.6 Å². The lowest BCUT2D eigenvalue weighted by atomic mass is 10.1. The predicted octanol–water partition coefficient (Wildman–Crippen LogP) is 2.86. The van der Waals surface area contributed by atoms with Gasteiger partial charge in [-0.3, -0.25) is 14.7 Å². The number of ether oxygens (including phenoxy) is 2. The SMILES string of the molecule is COc1ccc2cccnc2c1N1CCCN(C(CC(=O)NCCN(C)C)c2csc(N3CCOCC3)n2)CC1. The summed E-state index contributed by atoms with van der Waals surface area (Å²) in [6.07, 6.45) is 3.19. The molecule has 40 heavy (non-hydrogen) atoms. The third-order valence-corrected chi connectivity index (χ3v) is 8.53. The predicted molar refractivity (Wildman–Crippen MR) is 161 cm³/mol. The second kappa shape index (κ2) is 13.6. The van der Waals surface area contributed by atoms with Crippen molar-refractivity contribution in [3.05, 3.63) is 41.5 Å². The Labute approximate surface area is 240 Å². The van der Waals surface area contributed by atoms with Gasteiger partial charge in [-0.1, -0.05) is 6.07 Å². The number of hydrogen-bond acceptors (Lipinski definition) is 10. The van der Waals surface area contributed by atoms with E-state index in [4.69, 9.17) is 19.4 Å². The number of pyridine rings is 1. The van der Waals surface area contributed by atoms with E-state index in [1.54, 1.807) is 18.4 Å². The molecular formula is C29H41N7O3S. The average Bonchev–Trinajstić information content (AvgIpc) is 3.34. The van der Waals surface area contributed by atoms with Crippen LogP contribution in [0.5, 0.6) is 5.75 Å². The fraction of sp³-hybridized carbons (Fsp3) is 0.552. The van der Waals surface area contributed by atoms with Crippen LogP contribution in [0.2, 0.25) is 0 Å². The highest BCUT2D eigenvalue weighted by atomic mass is 32.1. The minimum Gasteiger partial charge on any atom is -0.494 e. The van der Waals surface area contributed by atoms with Crippen LogP contribution in [0, 0.1) is 0 Å². The molecule has 0 radical (unpaired) electrons. The maximum absolute atomic E-state index is 13.1. The molecule has 2 saturated heterocycles. The van der Waals surface area contributed by atoms with Crippen LogP contribution in [0.1, 0.15) is 24.6 Å². The molecule has 2 aliphatic heterocycles. The molecule has 0 bridgehead atoms. The number of morpholine rings is 1. The Morgan fingerprint density at radius 3 is 2.77 bits per heavy atom. The normalized spacial score (nSPS) is 17.7. The summed E-state index contributed by atoms with van der Waals surface area (Å²) in [6.45, 7) is 7.99. The molecule has 216 valence electrons. The van der Waals surface area contributed by atoms with Crippen LogP contribution in [-0.2, 0) is 9.53 Å². The molecule has 0 saturated carbocycles. The summed E-state index contributed by atoms with van der Waals surface area (Å²) in [6, 6.07) is 8.07. The molecular weight excluding hydrogens is 526 g/mol. The molecule has 11 heteroatoms. The molecule has 1 atom stereocenters. The van der Waals surface area contributed by atoms with Gasteiger partial charge in [-0.25, -0.2) is 4.98 Å². The number of carbonyl (C=O) groups is 1. The Morgan fingerprint density at radius 2 is 1.98 bits per heavy atom. The molecule has 0 spiro atoms. The van der Waals surface area contributed by atoms with E-state index in [-0.39, 0.29) is 11.9 Å². The van der Waals surface area contributed by atoms with E-state index in [1.807, 2.05) is 32.4 Å². The number of thiazole rings is 1. The van der Waals surface area contributed by atoms with Crippen LogP contribution in [0.15, 0.2) is 35.8 Å². The van der Waals surface area contributed by atoms with Crippen LogP contribution in [0.25, 0.3) is 10.9 Å². The summed E-state index contributed by atoms with van der Waals surface area (Å²) in [4.78, 5) is 32.1. The molecule has 10 nitrogen and oxygen atoms in total. The summed E-state index contributed by atoms with van der Waals surface area (Å²) < 4.78 is 11.3. The fourth-order valence-corrected chi connectivity index (χ4v) is 6.40. The van der Waals surface area contributed by atoms with Gasteiger partial charge in [0.1, 0.15) is 11.4 Å². The summed E-state index contributed by atoms with van der Waals surface area (Å²) in [5, 5.41) is 7.37. The quantitative estimate of drug-likeness (QED) is 0.398. The lowest BCUT2D eigenvalue weighted by Gasteiger charge is -2.30. The zero-order valence-electron chi connectivity index (χ0n) is 23.8. The van der Waals surface area contributed by atoms with Crippen LogP contribution in [0.3, 0.4) is 0 Å². The lowest BCUT2D eigenvalue weighted by Crippen LogP contribution is -2.38. The third-order valence-electron chi connectivity index (χ3n) is 7.61. The Balaban J connectivity index is 1.36. The maximum Gasteiger partial charge on any atom is 0.222 e. The Bertz CT molecular complexity index is 1260. The van der Waals surface area contributed by atoms with Crippen LogP contribution in [0.4, 0.5) is 10.8 Å². The number of anilines is 2. The summed E-state index contributed by atoms with van der Waals surface area (Å²) >= 11 is 1.67. The molecule has 2 aliphatic rings. The van der Waals surface area contributed by atoms with Gasteiger partial charge in [0.15, 0.2) is 5.13 Å². The van der Waals surface area contributed by atoms with Crippen molar-refractivity contribution in [3.63, 3.8) is 0 Å². The minimum absolute atomic E-state index is 0.0637. The minimum atomic E-state index is -0.0853. The second-order valence-electron chi connectivity index (χ2n) is 10.6. The molecule has 2 fully saturated rings. The van der Waals surface area contributed by atoms with Crippen molar-refractivity contribution in [2.45, 2.75) is 18.9 Å². The summed E-state index contributed by atoms with van der Waals surface area (Å²) in [7, 11) is 5.75. The second-order valence-corrected chi connectivity index (χ2v) is 11.4. The topological polar surface area (TPSA) is 86.3 Å². The van der Waals surface area contributed by atoms with E-state index >= 15 is 0 Å². The zero-order chi connectivity index (χ0) is 27.9. The Hall–Kier alpha value is -2.99. The van der Waals surface area contributed by atoms with Crippen LogP contribution < -0.4 is 19.9 Å². The molecule has 1 N–H and O–H groups in total. The molecule has 1 amide bonds. The molecule has 1 unspecified atom stereocenters. The van der Waals surface area contributed by atoms with Gasteiger partial charge >= 0.3 is 0 Å². The van der Waals surface area contributed by atoms with Gasteiger partial charge in [0.25, 0.3) is 0 Å². The smallest absolute Gasteiger partial charge is 0.222 e. The number of rotatable bonds is 10. The van der Waals surface area contributed by atoms with Gasteiger partial charge in [0.2, 0.25) is 5.91 Å². The van der Waals surface area contributed by atoms with E-state index in [1.165, 1.54) is 0 Å². The number of likely N-dealkylation sites (N-methyl/N-ethyl adjacent to an activating group) is 1. The van der Waals surface area contributed by atoms with Gasteiger partial charge in [-0.05, 0) is 38.7 Å². The zero-order valence-corrected chi connectivity index (χ0v) is 24.7. The van der Waals surface area contributed by atoms with Gasteiger partial charge in [-0.2, -0.15) is 0 Å². The number of hydrogen-bond donors (Lipinski definition) is 1. The molecule has 4 heterocycles. The number of fused-ring (bicyclic) bond motifs is 1. The first-order chi connectivity index (χ1) is 19.5. The van der Waals surface area contributed by atoms with Gasteiger partial charge in [-0.15, -0.1) is 11.3 Å². The van der Waals surface area contributed by atoms with Crippen molar-refractivity contribution in [1.82, 2.24) is 25.1 Å². The standard InChI is InChI=1S/C29H41N7O3S/c1-33(2)13-10-30-26(37)20-24(23-21-40-29(32-23)36-16-18-39-19-17-36)34-11-5-12-35(15-14-34)28-25(38-3)8-7-22-6-4-9-31-27(22)28/h4,6-9,21,24H,5,10-20H2,1-3H3,(H,30,37). The van der Waals surface area contributed by atoms with E-state index in [0.29, 0.717) is 13.0 Å². The van der Waals surface area contributed by atoms with Crippen molar-refractivity contribution in [1.29, 1.82) is 0 Å². The molecule has 5 rings (SSSR count). The van der Waals surface area contributed by atoms with Crippen molar-refractivity contribution >= 4 is 39.0 Å². The highest BCUT2D eigenvalue weighted by Crippen LogP contribution is 2.37. The van der Waals surface area contributed by atoms with Crippen molar-refractivity contribution in [2.75, 3.05) is 96.6 Å². The first-order valence-electron chi connectivity index (χ1n) is 14.1. The molecule has 2 aromatic heterocycles. The first kappa shape index (κ1) is 28.5. The fourth-order valence-electron chi connectivity index (χ4n) is 5.47. The number of amides is 1. The number of benzene rings is 1. The van der Waals surface area contributed by atoms with Gasteiger partial charge in [0.05, 0.1) is 37.6 Å². The number of carbonyl (C=O) groups excluding carboxylic acids is 1. The summed E-state index contributed by atoms with van der Waals surface area (Å²) in [5.41, 5.74) is 2.98. The third kappa shape index (κ3) is 6.83. The van der Waals surface area contributed by atoms with E-state index < -0.39 is 0 Å². The largest absolute Gasteiger partial charge is 0.494 e. The maximum atomic E-state index is 13.1.